The number of primary amides is 1. The molecule has 1 fully saturated rings. The second kappa shape index (κ2) is 12.1. The quantitative estimate of drug-likeness (QED) is 0.374. The molecule has 3 aromatic carbocycles. The maximum Gasteiger partial charge on any atom is 0.254 e. The van der Waals surface area contributed by atoms with Gasteiger partial charge < -0.3 is 20.3 Å². The van der Waals surface area contributed by atoms with Gasteiger partial charge in [0, 0.05) is 46.6 Å². The van der Waals surface area contributed by atoms with Crippen LogP contribution < -0.4 is 5.73 Å². The molecule has 0 aliphatic carbocycles. The highest BCUT2D eigenvalue weighted by Gasteiger charge is 2.45. The summed E-state index contributed by atoms with van der Waals surface area (Å²) in [4.78, 5) is 29.2. The zero-order valence-corrected chi connectivity index (χ0v) is 24.4. The van der Waals surface area contributed by atoms with Crippen LogP contribution in [0.4, 0.5) is 0 Å². The second-order valence-corrected chi connectivity index (χ2v) is 12.6. The molecular formula is C30H31Cl2N3O4S. The van der Waals surface area contributed by atoms with Crippen molar-refractivity contribution in [1.29, 1.82) is 0 Å². The second-order valence-electron chi connectivity index (χ2n) is 10.4. The SMILES string of the molecule is C[S+]([O-])N1CCC(CN2C(=O)c3ccc(-c4ccccc4CO)cc3[C@@H](C(N)=O)[C@@H]2c2ccc(Cl)cc2Cl)CC1. The molecule has 7 nitrogen and oxygen atoms in total. The molecule has 1 saturated heterocycles. The van der Waals surface area contributed by atoms with E-state index in [-0.39, 0.29) is 18.4 Å². The number of halogens is 2. The van der Waals surface area contributed by atoms with E-state index in [4.69, 9.17) is 28.9 Å². The Labute approximate surface area is 247 Å². The zero-order chi connectivity index (χ0) is 28.6. The van der Waals surface area contributed by atoms with E-state index in [1.54, 1.807) is 35.4 Å². The van der Waals surface area contributed by atoms with Gasteiger partial charge in [0.15, 0.2) is 0 Å². The first-order chi connectivity index (χ1) is 19.2. The Balaban J connectivity index is 1.61. The van der Waals surface area contributed by atoms with Gasteiger partial charge in [0.1, 0.15) is 6.26 Å². The molecule has 0 radical (unpaired) electrons. The minimum absolute atomic E-state index is 0.146. The molecule has 3 N–H and O–H groups in total. The number of amides is 2. The van der Waals surface area contributed by atoms with Crippen LogP contribution >= 0.6 is 23.2 Å². The number of carbonyl (C=O) groups excluding carboxylic acids is 2. The molecule has 5 rings (SSSR count). The van der Waals surface area contributed by atoms with Gasteiger partial charge in [-0.05, 0) is 70.8 Å². The van der Waals surface area contributed by atoms with Gasteiger partial charge in [-0.15, -0.1) is 4.31 Å². The highest BCUT2D eigenvalue weighted by molar-refractivity contribution is 7.88. The molecule has 3 atom stereocenters. The van der Waals surface area contributed by atoms with Crippen molar-refractivity contribution in [3.63, 3.8) is 0 Å². The van der Waals surface area contributed by atoms with Crippen molar-refractivity contribution in [1.82, 2.24) is 9.21 Å². The summed E-state index contributed by atoms with van der Waals surface area (Å²) >= 11 is 11.9. The fraction of sp³-hybridized carbons (Fsp3) is 0.333. The van der Waals surface area contributed by atoms with Crippen LogP contribution in [0.25, 0.3) is 11.1 Å². The van der Waals surface area contributed by atoms with Crippen LogP contribution in [0.15, 0.2) is 60.7 Å². The Morgan fingerprint density at radius 2 is 1.77 bits per heavy atom. The topological polar surface area (TPSA) is 110 Å². The average Bonchev–Trinajstić information content (AvgIpc) is 2.94. The van der Waals surface area contributed by atoms with Crippen molar-refractivity contribution in [2.45, 2.75) is 31.4 Å². The third-order valence-corrected chi connectivity index (χ3v) is 9.66. The first kappa shape index (κ1) is 28.9. The Bertz CT molecular complexity index is 1430. The molecule has 210 valence electrons. The van der Waals surface area contributed by atoms with Crippen LogP contribution in [0.5, 0.6) is 0 Å². The number of piperidine rings is 1. The highest BCUT2D eigenvalue weighted by Crippen LogP contribution is 2.47. The highest BCUT2D eigenvalue weighted by atomic mass is 35.5. The Kier molecular flexibility index (Phi) is 8.75. The molecule has 2 heterocycles. The summed E-state index contributed by atoms with van der Waals surface area (Å²) < 4.78 is 13.9. The smallest absolute Gasteiger partial charge is 0.254 e. The number of aliphatic hydroxyl groups is 1. The van der Waals surface area contributed by atoms with E-state index in [1.807, 2.05) is 40.7 Å². The predicted molar refractivity (Wildman–Crippen MR) is 158 cm³/mol. The molecule has 0 aromatic heterocycles. The first-order valence-electron chi connectivity index (χ1n) is 13.2. The number of carbonyl (C=O) groups is 2. The lowest BCUT2D eigenvalue weighted by Crippen LogP contribution is -2.49. The van der Waals surface area contributed by atoms with E-state index in [9.17, 15) is 19.2 Å². The minimum Gasteiger partial charge on any atom is -0.598 e. The summed E-state index contributed by atoms with van der Waals surface area (Å²) in [6, 6.07) is 17.2. The van der Waals surface area contributed by atoms with Crippen LogP contribution in [0.1, 0.15) is 51.8 Å². The number of hydrogen-bond donors (Lipinski definition) is 2. The largest absolute Gasteiger partial charge is 0.598 e. The van der Waals surface area contributed by atoms with Crippen molar-refractivity contribution >= 4 is 46.4 Å². The molecule has 2 aliphatic rings. The molecule has 10 heteroatoms. The van der Waals surface area contributed by atoms with Gasteiger partial charge >= 0.3 is 0 Å². The number of rotatable bonds is 7. The van der Waals surface area contributed by atoms with Crippen LogP contribution in [0.3, 0.4) is 0 Å². The number of nitrogens with zero attached hydrogens (tertiary/aromatic N) is 2. The summed E-state index contributed by atoms with van der Waals surface area (Å²) in [7, 11) is 0. The van der Waals surface area contributed by atoms with Crippen molar-refractivity contribution in [3.8, 4) is 11.1 Å². The molecule has 0 spiro atoms. The monoisotopic (exact) mass is 599 g/mol. The van der Waals surface area contributed by atoms with Crippen molar-refractivity contribution in [3.05, 3.63) is 93.0 Å². The normalized spacial score (nSPS) is 20.8. The minimum atomic E-state index is -1.04. The van der Waals surface area contributed by atoms with Crippen LogP contribution in [-0.2, 0) is 22.8 Å². The van der Waals surface area contributed by atoms with E-state index in [2.05, 4.69) is 0 Å². The summed E-state index contributed by atoms with van der Waals surface area (Å²) in [6.07, 6.45) is 3.22. The maximum absolute atomic E-state index is 14.2. The maximum atomic E-state index is 14.2. The Morgan fingerprint density at radius 3 is 2.42 bits per heavy atom. The van der Waals surface area contributed by atoms with E-state index in [1.165, 1.54) is 0 Å². The van der Waals surface area contributed by atoms with Crippen LogP contribution in [0.2, 0.25) is 10.0 Å². The molecule has 3 aromatic rings. The fourth-order valence-corrected chi connectivity index (χ4v) is 7.22. The third kappa shape index (κ3) is 5.62. The van der Waals surface area contributed by atoms with Gasteiger partial charge in [-0.2, -0.15) is 0 Å². The molecule has 0 bridgehead atoms. The average molecular weight is 601 g/mol. The number of fused-ring (bicyclic) bond motifs is 1. The lowest BCUT2D eigenvalue weighted by molar-refractivity contribution is -0.121. The van der Waals surface area contributed by atoms with Gasteiger partial charge in [0.2, 0.25) is 5.91 Å². The molecule has 2 aliphatic heterocycles. The predicted octanol–water partition coefficient (Wildman–Crippen LogP) is 4.92. The number of hydrogen-bond acceptors (Lipinski definition) is 5. The molecule has 0 saturated carbocycles. The molecule has 2 amide bonds. The standard InChI is InChI=1S/C30H31Cl2N3O4S/c1-40(39)34-12-10-18(11-13-34)16-35-28(24-9-7-21(31)15-26(24)32)27(29(33)37)25-14-19(6-8-23(25)30(35)38)22-5-3-2-4-20(22)17-36/h2-9,14-15,18,27-28,36H,10-13,16-17H2,1H3,(H2,33,37)/t27-,28+,40?/m1/s1. The van der Waals surface area contributed by atoms with E-state index in [0.717, 1.165) is 29.5 Å². The summed E-state index contributed by atoms with van der Waals surface area (Å²) in [6.45, 7) is 1.61. The molecule has 40 heavy (non-hydrogen) atoms. The lowest BCUT2D eigenvalue weighted by atomic mass is 9.77. The number of benzene rings is 3. The number of nitrogens with two attached hydrogens (primary N) is 1. The molecular weight excluding hydrogens is 569 g/mol. The van der Waals surface area contributed by atoms with Gasteiger partial charge in [0.25, 0.3) is 5.91 Å². The number of aliphatic hydroxyl groups excluding tert-OH is 1. The lowest BCUT2D eigenvalue weighted by Gasteiger charge is -2.44. The van der Waals surface area contributed by atoms with Crippen molar-refractivity contribution < 1.29 is 19.2 Å². The summed E-state index contributed by atoms with van der Waals surface area (Å²) in [5.41, 5.74) is 9.97. The van der Waals surface area contributed by atoms with Gasteiger partial charge in [-0.1, -0.05) is 59.6 Å². The Morgan fingerprint density at radius 1 is 1.05 bits per heavy atom. The van der Waals surface area contributed by atoms with Gasteiger partial charge in [0.05, 0.1) is 18.6 Å². The fourth-order valence-electron chi connectivity index (χ4n) is 5.97. The summed E-state index contributed by atoms with van der Waals surface area (Å²) in [5.74, 6) is -1.48. The Hall–Kier alpha value is -2.59. The van der Waals surface area contributed by atoms with Gasteiger partial charge in [-0.3, -0.25) is 9.59 Å². The zero-order valence-electron chi connectivity index (χ0n) is 22.1. The van der Waals surface area contributed by atoms with Crippen molar-refractivity contribution in [2.24, 2.45) is 11.7 Å². The van der Waals surface area contributed by atoms with E-state index >= 15 is 0 Å². The third-order valence-electron chi connectivity index (χ3n) is 8.01. The first-order valence-corrected chi connectivity index (χ1v) is 15.4. The molecule has 1 unspecified atom stereocenters. The van der Waals surface area contributed by atoms with E-state index < -0.39 is 29.2 Å². The van der Waals surface area contributed by atoms with Crippen LogP contribution in [-0.4, -0.2) is 56.6 Å². The van der Waals surface area contributed by atoms with Crippen LogP contribution in [0, 0.1) is 5.92 Å². The summed E-state index contributed by atoms with van der Waals surface area (Å²) in [5, 5.41) is 10.7. The van der Waals surface area contributed by atoms with E-state index in [0.29, 0.717) is 46.4 Å². The van der Waals surface area contributed by atoms with Crippen molar-refractivity contribution in [2.75, 3.05) is 25.9 Å². The van der Waals surface area contributed by atoms with Gasteiger partial charge in [-0.25, -0.2) is 0 Å².